The predicted molar refractivity (Wildman–Crippen MR) is 129 cm³/mol. The number of benzene rings is 1. The van der Waals surface area contributed by atoms with Gasteiger partial charge < -0.3 is 4.90 Å². The van der Waals surface area contributed by atoms with Gasteiger partial charge in [-0.1, -0.05) is 61.2 Å². The van der Waals surface area contributed by atoms with Gasteiger partial charge in [0.15, 0.2) is 0 Å². The Morgan fingerprint density at radius 1 is 0.933 bits per heavy atom. The maximum atomic E-state index is 3.86. The van der Waals surface area contributed by atoms with E-state index in [9.17, 15) is 0 Å². The normalized spacial score (nSPS) is 19.9. The minimum absolute atomic E-state index is 0.750. The number of piperidine rings is 1. The van der Waals surface area contributed by atoms with Crippen LogP contribution in [0.4, 0.5) is 0 Å². The standard InChI is InChI=1S/C27H39N3/c1-6-25(7-2)20-23(4)24(5)29-16-18-30(19-17-29)27-12-14-28(15-13-27)21-26-10-8-22(3)9-11-26/h6-11,20,27H,1-2,12-19,21H2,3-5H3/b24-23+. The van der Waals surface area contributed by atoms with Gasteiger partial charge in [-0.05, 0) is 63.4 Å². The van der Waals surface area contributed by atoms with Crippen molar-refractivity contribution in [3.05, 3.63) is 83.6 Å². The summed E-state index contributed by atoms with van der Waals surface area (Å²) in [5, 5.41) is 0. The number of likely N-dealkylation sites (tertiary alicyclic amines) is 1. The van der Waals surface area contributed by atoms with Crippen molar-refractivity contribution in [3.8, 4) is 0 Å². The van der Waals surface area contributed by atoms with Gasteiger partial charge in [-0.15, -0.1) is 0 Å². The van der Waals surface area contributed by atoms with Gasteiger partial charge in [0.05, 0.1) is 0 Å². The highest BCUT2D eigenvalue weighted by Crippen LogP contribution is 2.22. The highest BCUT2D eigenvalue weighted by Gasteiger charge is 2.27. The molecule has 0 amide bonds. The van der Waals surface area contributed by atoms with E-state index in [1.165, 1.54) is 61.4 Å². The Bertz CT molecular complexity index is 761. The molecule has 0 N–H and O–H groups in total. The molecule has 0 aromatic heterocycles. The summed E-state index contributed by atoms with van der Waals surface area (Å²) in [5.41, 5.74) is 6.56. The fourth-order valence-corrected chi connectivity index (χ4v) is 4.62. The monoisotopic (exact) mass is 405 g/mol. The number of aryl methyl sites for hydroxylation is 1. The first-order valence-corrected chi connectivity index (χ1v) is 11.4. The van der Waals surface area contributed by atoms with Gasteiger partial charge in [-0.2, -0.15) is 0 Å². The summed E-state index contributed by atoms with van der Waals surface area (Å²) in [6, 6.07) is 9.76. The molecular formula is C27H39N3. The van der Waals surface area contributed by atoms with Crippen LogP contribution >= 0.6 is 0 Å². The molecule has 162 valence electrons. The number of piperazine rings is 1. The molecule has 3 nitrogen and oxygen atoms in total. The summed E-state index contributed by atoms with van der Waals surface area (Å²) < 4.78 is 0. The van der Waals surface area contributed by atoms with Gasteiger partial charge >= 0.3 is 0 Å². The minimum Gasteiger partial charge on any atom is -0.372 e. The van der Waals surface area contributed by atoms with E-state index in [4.69, 9.17) is 0 Å². The quantitative estimate of drug-likeness (QED) is 0.580. The summed E-state index contributed by atoms with van der Waals surface area (Å²) in [6.07, 6.45) is 8.51. The molecule has 2 fully saturated rings. The summed E-state index contributed by atoms with van der Waals surface area (Å²) in [7, 11) is 0. The van der Waals surface area contributed by atoms with E-state index in [1.54, 1.807) is 0 Å². The van der Waals surface area contributed by atoms with E-state index in [0.29, 0.717) is 0 Å². The summed E-state index contributed by atoms with van der Waals surface area (Å²) >= 11 is 0. The average Bonchev–Trinajstić information content (AvgIpc) is 2.79. The minimum atomic E-state index is 0.750. The number of rotatable bonds is 7. The Hall–Kier alpha value is -2.10. The highest BCUT2D eigenvalue weighted by molar-refractivity contribution is 5.36. The van der Waals surface area contributed by atoms with Gasteiger partial charge in [0.25, 0.3) is 0 Å². The molecule has 0 aliphatic carbocycles. The largest absolute Gasteiger partial charge is 0.372 e. The van der Waals surface area contributed by atoms with Crippen LogP contribution in [-0.2, 0) is 6.54 Å². The fourth-order valence-electron chi connectivity index (χ4n) is 4.62. The molecule has 0 bridgehead atoms. The molecule has 2 heterocycles. The lowest BCUT2D eigenvalue weighted by Gasteiger charge is -2.43. The Kier molecular flexibility index (Phi) is 8.12. The van der Waals surface area contributed by atoms with Crippen molar-refractivity contribution in [2.45, 2.75) is 46.2 Å². The molecule has 3 heteroatoms. The third-order valence-electron chi connectivity index (χ3n) is 6.81. The van der Waals surface area contributed by atoms with E-state index in [-0.39, 0.29) is 0 Å². The van der Waals surface area contributed by atoms with E-state index in [0.717, 1.165) is 31.2 Å². The van der Waals surface area contributed by atoms with Crippen LogP contribution in [0.1, 0.15) is 37.8 Å². The number of hydrogen-bond acceptors (Lipinski definition) is 3. The lowest BCUT2D eigenvalue weighted by atomic mass is 10.0. The first kappa shape index (κ1) is 22.6. The smallest absolute Gasteiger partial charge is 0.0303 e. The SMILES string of the molecule is C=CC(C=C)=C/C(C)=C(\C)N1CCN(C2CCN(Cc3ccc(C)cc3)CC2)CC1. The number of allylic oxidation sites excluding steroid dienone is 6. The van der Waals surface area contributed by atoms with E-state index in [1.807, 2.05) is 12.2 Å². The van der Waals surface area contributed by atoms with Crippen LogP contribution in [0.2, 0.25) is 0 Å². The van der Waals surface area contributed by atoms with Crippen LogP contribution < -0.4 is 0 Å². The van der Waals surface area contributed by atoms with Crippen molar-refractivity contribution in [1.82, 2.24) is 14.7 Å². The second-order valence-electron chi connectivity index (χ2n) is 8.84. The van der Waals surface area contributed by atoms with E-state index < -0.39 is 0 Å². The maximum Gasteiger partial charge on any atom is 0.0303 e. The Morgan fingerprint density at radius 2 is 1.53 bits per heavy atom. The zero-order valence-corrected chi connectivity index (χ0v) is 19.2. The summed E-state index contributed by atoms with van der Waals surface area (Å²) in [4.78, 5) is 7.90. The Morgan fingerprint density at radius 3 is 2.10 bits per heavy atom. The van der Waals surface area contributed by atoms with Crippen molar-refractivity contribution in [2.75, 3.05) is 39.3 Å². The molecule has 0 atom stereocenters. The Balaban J connectivity index is 1.47. The molecule has 2 aliphatic heterocycles. The number of hydrogen-bond donors (Lipinski definition) is 0. The highest BCUT2D eigenvalue weighted by atomic mass is 15.3. The number of nitrogens with zero attached hydrogens (tertiary/aromatic N) is 3. The maximum absolute atomic E-state index is 3.86. The second kappa shape index (κ2) is 10.8. The first-order chi connectivity index (χ1) is 14.5. The van der Waals surface area contributed by atoms with E-state index in [2.05, 4.69) is 79.0 Å². The molecule has 0 unspecified atom stereocenters. The first-order valence-electron chi connectivity index (χ1n) is 11.4. The Labute approximate surface area is 184 Å². The molecule has 0 radical (unpaired) electrons. The van der Waals surface area contributed by atoms with Crippen LogP contribution in [0.25, 0.3) is 0 Å². The topological polar surface area (TPSA) is 9.72 Å². The lowest BCUT2D eigenvalue weighted by molar-refractivity contribution is 0.0676. The molecule has 1 aromatic carbocycles. The van der Waals surface area contributed by atoms with Gasteiger partial charge in [-0.25, -0.2) is 0 Å². The van der Waals surface area contributed by atoms with E-state index >= 15 is 0 Å². The van der Waals surface area contributed by atoms with Crippen molar-refractivity contribution >= 4 is 0 Å². The fraction of sp³-hybridized carbons (Fsp3) is 0.481. The third kappa shape index (κ3) is 5.96. The van der Waals surface area contributed by atoms with Crippen LogP contribution in [0.3, 0.4) is 0 Å². The predicted octanol–water partition coefficient (Wildman–Crippen LogP) is 5.17. The van der Waals surface area contributed by atoms with Crippen LogP contribution in [0, 0.1) is 6.92 Å². The molecule has 30 heavy (non-hydrogen) atoms. The molecule has 1 aromatic rings. The molecule has 0 spiro atoms. The second-order valence-corrected chi connectivity index (χ2v) is 8.84. The zero-order chi connectivity index (χ0) is 21.5. The zero-order valence-electron chi connectivity index (χ0n) is 19.2. The molecule has 3 rings (SSSR count). The van der Waals surface area contributed by atoms with Crippen molar-refractivity contribution in [1.29, 1.82) is 0 Å². The van der Waals surface area contributed by atoms with Gasteiger partial charge in [0.2, 0.25) is 0 Å². The molecule has 2 saturated heterocycles. The van der Waals surface area contributed by atoms with Crippen molar-refractivity contribution in [2.24, 2.45) is 0 Å². The van der Waals surface area contributed by atoms with Crippen LogP contribution in [0.15, 0.2) is 72.5 Å². The average molecular weight is 406 g/mol. The van der Waals surface area contributed by atoms with Crippen molar-refractivity contribution < 1.29 is 0 Å². The third-order valence-corrected chi connectivity index (χ3v) is 6.81. The van der Waals surface area contributed by atoms with Crippen molar-refractivity contribution in [3.63, 3.8) is 0 Å². The lowest BCUT2D eigenvalue weighted by Crippen LogP contribution is -2.52. The molecule has 2 aliphatic rings. The van der Waals surface area contributed by atoms with Gasteiger partial charge in [0.1, 0.15) is 0 Å². The van der Waals surface area contributed by atoms with Gasteiger partial charge in [0, 0.05) is 44.5 Å². The summed E-state index contributed by atoms with van der Waals surface area (Å²) in [5.74, 6) is 0. The summed E-state index contributed by atoms with van der Waals surface area (Å²) in [6.45, 7) is 22.4. The molecular weight excluding hydrogens is 366 g/mol. The van der Waals surface area contributed by atoms with Crippen LogP contribution in [0.5, 0.6) is 0 Å². The van der Waals surface area contributed by atoms with Crippen LogP contribution in [-0.4, -0.2) is 60.0 Å². The van der Waals surface area contributed by atoms with Gasteiger partial charge in [-0.3, -0.25) is 9.80 Å². The molecule has 0 saturated carbocycles.